The third-order valence-corrected chi connectivity index (χ3v) is 3.77. The second kappa shape index (κ2) is 4.83. The quantitative estimate of drug-likeness (QED) is 0.811. The van der Waals surface area contributed by atoms with Crippen molar-refractivity contribution < 1.29 is 8.42 Å². The van der Waals surface area contributed by atoms with E-state index in [0.717, 1.165) is 10.8 Å². The Morgan fingerprint density at radius 3 is 2.53 bits per heavy atom. The number of fused-ring (bicyclic) bond motifs is 1. The number of sulfonamides is 1. The van der Waals surface area contributed by atoms with Gasteiger partial charge < -0.3 is 0 Å². The summed E-state index contributed by atoms with van der Waals surface area (Å²) < 4.78 is 24.1. The maximum absolute atomic E-state index is 12.0. The van der Waals surface area contributed by atoms with Crippen molar-refractivity contribution in [3.8, 4) is 0 Å². The highest BCUT2D eigenvalue weighted by Gasteiger charge is 2.15. The van der Waals surface area contributed by atoms with Gasteiger partial charge in [-0.15, -0.1) is 4.83 Å². The Morgan fingerprint density at radius 2 is 1.76 bits per heavy atom. The van der Waals surface area contributed by atoms with Gasteiger partial charge in [0.15, 0.2) is 0 Å². The van der Waals surface area contributed by atoms with Crippen LogP contribution < -0.4 is 10.3 Å². The summed E-state index contributed by atoms with van der Waals surface area (Å²) in [7, 11) is -3.51. The van der Waals surface area contributed by atoms with Crippen molar-refractivity contribution in [1.82, 2.24) is 10.3 Å². The molecule has 0 saturated heterocycles. The van der Waals surface area contributed by atoms with E-state index in [4.69, 9.17) is 0 Å². The maximum atomic E-state index is 12.0. The van der Waals surface area contributed by atoms with E-state index in [-0.39, 0.29) is 4.90 Å². The molecule has 2 N–H and O–H groups in total. The molecule has 0 saturated carbocycles. The molecule has 2 aromatic carbocycles. The molecule has 5 heteroatoms. The highest BCUT2D eigenvalue weighted by Crippen LogP contribution is 2.22. The molecule has 90 valence electrons. The first kappa shape index (κ1) is 12.0. The summed E-state index contributed by atoms with van der Waals surface area (Å²) >= 11 is 0. The predicted molar refractivity (Wildman–Crippen MR) is 67.9 cm³/mol. The highest BCUT2D eigenvalue weighted by atomic mass is 32.2. The van der Waals surface area contributed by atoms with Crippen LogP contribution in [0.4, 0.5) is 0 Å². The molecule has 0 spiro atoms. The van der Waals surface area contributed by atoms with Gasteiger partial charge in [0.25, 0.3) is 10.0 Å². The lowest BCUT2D eigenvalue weighted by atomic mass is 10.1. The van der Waals surface area contributed by atoms with Crippen molar-refractivity contribution in [2.24, 2.45) is 0 Å². The first-order chi connectivity index (χ1) is 8.15. The van der Waals surface area contributed by atoms with Crippen LogP contribution in [0.3, 0.4) is 0 Å². The number of nitrogens with one attached hydrogen (secondary N) is 2. The zero-order valence-corrected chi connectivity index (χ0v) is 10.3. The first-order valence-corrected chi connectivity index (χ1v) is 6.86. The fourth-order valence-electron chi connectivity index (χ4n) is 1.65. The van der Waals surface area contributed by atoms with Gasteiger partial charge in [-0.05, 0) is 11.5 Å². The predicted octanol–water partition coefficient (Wildman–Crippen LogP) is 1.64. The monoisotopic (exact) mass is 250 g/mol. The van der Waals surface area contributed by atoms with Crippen molar-refractivity contribution in [3.63, 3.8) is 0 Å². The van der Waals surface area contributed by atoms with Gasteiger partial charge in [-0.3, -0.25) is 0 Å². The van der Waals surface area contributed by atoms with Crippen LogP contribution in [0.2, 0.25) is 0 Å². The Hall–Kier alpha value is -1.43. The molecule has 0 fully saturated rings. The standard InChI is InChI=1S/C12H14N2O2S/c1-2-13-14-17(15,16)12-9-5-7-10-6-3-4-8-11(10)12/h3-9,13-14H,2H2,1H3. The Labute approximate surface area is 101 Å². The molecule has 0 bridgehead atoms. The smallest absolute Gasteiger partial charge is 0.244 e. The fourth-order valence-corrected chi connectivity index (χ4v) is 2.83. The zero-order chi connectivity index (χ0) is 12.3. The van der Waals surface area contributed by atoms with Gasteiger partial charge in [0.05, 0.1) is 4.90 Å². The number of hydrazine groups is 1. The van der Waals surface area contributed by atoms with E-state index in [1.54, 1.807) is 18.2 Å². The Balaban J connectivity index is 2.55. The molecular weight excluding hydrogens is 236 g/mol. The second-order valence-corrected chi connectivity index (χ2v) is 5.26. The fraction of sp³-hybridized carbons (Fsp3) is 0.167. The zero-order valence-electron chi connectivity index (χ0n) is 9.47. The Kier molecular flexibility index (Phi) is 3.42. The van der Waals surface area contributed by atoms with Crippen LogP contribution in [-0.4, -0.2) is 15.0 Å². The summed E-state index contributed by atoms with van der Waals surface area (Å²) in [6.45, 7) is 2.36. The van der Waals surface area contributed by atoms with Crippen LogP contribution in [0, 0.1) is 0 Å². The first-order valence-electron chi connectivity index (χ1n) is 5.37. The summed E-state index contributed by atoms with van der Waals surface area (Å²) in [6.07, 6.45) is 0. The van der Waals surface area contributed by atoms with Crippen molar-refractivity contribution >= 4 is 20.8 Å². The van der Waals surface area contributed by atoms with E-state index in [1.807, 2.05) is 31.2 Å². The van der Waals surface area contributed by atoms with Gasteiger partial charge in [-0.2, -0.15) is 0 Å². The number of hydrogen-bond acceptors (Lipinski definition) is 3. The summed E-state index contributed by atoms with van der Waals surface area (Å²) in [4.78, 5) is 2.63. The van der Waals surface area contributed by atoms with Crippen LogP contribution in [0.5, 0.6) is 0 Å². The van der Waals surface area contributed by atoms with E-state index in [0.29, 0.717) is 6.54 Å². The van der Waals surface area contributed by atoms with Crippen molar-refractivity contribution in [1.29, 1.82) is 0 Å². The minimum absolute atomic E-state index is 0.288. The van der Waals surface area contributed by atoms with E-state index in [9.17, 15) is 8.42 Å². The molecule has 2 rings (SSSR count). The molecule has 0 unspecified atom stereocenters. The van der Waals surface area contributed by atoms with E-state index >= 15 is 0 Å². The van der Waals surface area contributed by atoms with Gasteiger partial charge in [0.1, 0.15) is 0 Å². The molecule has 0 atom stereocenters. The number of rotatable bonds is 4. The molecule has 2 aromatic rings. The van der Waals surface area contributed by atoms with E-state index < -0.39 is 10.0 Å². The second-order valence-electron chi connectivity index (χ2n) is 3.61. The van der Waals surface area contributed by atoms with Gasteiger partial charge in [-0.25, -0.2) is 13.8 Å². The summed E-state index contributed by atoms with van der Waals surface area (Å²) in [6, 6.07) is 12.6. The molecular formula is C12H14N2O2S. The third kappa shape index (κ3) is 2.46. The SMILES string of the molecule is CCNNS(=O)(=O)c1cccc2ccccc12. The van der Waals surface area contributed by atoms with Gasteiger partial charge in [0, 0.05) is 11.9 Å². The lowest BCUT2D eigenvalue weighted by Gasteiger charge is -2.09. The highest BCUT2D eigenvalue weighted by molar-refractivity contribution is 7.89. The molecule has 4 nitrogen and oxygen atoms in total. The largest absolute Gasteiger partial charge is 0.253 e. The Morgan fingerprint density at radius 1 is 1.06 bits per heavy atom. The summed E-state index contributed by atoms with van der Waals surface area (Å²) in [5.41, 5.74) is 2.61. The van der Waals surface area contributed by atoms with E-state index in [2.05, 4.69) is 10.3 Å². The number of benzene rings is 2. The van der Waals surface area contributed by atoms with Crippen LogP contribution >= 0.6 is 0 Å². The summed E-state index contributed by atoms with van der Waals surface area (Å²) in [5, 5.41) is 1.63. The maximum Gasteiger partial charge on any atom is 0.253 e. The molecule has 0 aromatic heterocycles. The Bertz CT molecular complexity index is 618. The van der Waals surface area contributed by atoms with Crippen molar-refractivity contribution in [2.75, 3.05) is 6.54 Å². The lowest BCUT2D eigenvalue weighted by molar-refractivity contribution is 0.562. The molecule has 0 aliphatic rings. The average Bonchev–Trinajstić information content (AvgIpc) is 2.36. The lowest BCUT2D eigenvalue weighted by Crippen LogP contribution is -2.37. The van der Waals surface area contributed by atoms with Crippen LogP contribution in [0.15, 0.2) is 47.4 Å². The molecule has 0 aliphatic carbocycles. The van der Waals surface area contributed by atoms with Crippen LogP contribution in [0.25, 0.3) is 10.8 Å². The van der Waals surface area contributed by atoms with Gasteiger partial charge in [0.2, 0.25) is 0 Å². The minimum Gasteiger partial charge on any atom is -0.244 e. The molecule has 17 heavy (non-hydrogen) atoms. The molecule has 0 radical (unpaired) electrons. The summed E-state index contributed by atoms with van der Waals surface area (Å²) in [5.74, 6) is 0. The van der Waals surface area contributed by atoms with Crippen molar-refractivity contribution in [2.45, 2.75) is 11.8 Å². The molecule has 0 aliphatic heterocycles. The van der Waals surface area contributed by atoms with Crippen LogP contribution in [0.1, 0.15) is 6.92 Å². The number of hydrogen-bond donors (Lipinski definition) is 2. The normalized spacial score (nSPS) is 11.8. The molecule has 0 amide bonds. The van der Waals surface area contributed by atoms with Crippen LogP contribution in [-0.2, 0) is 10.0 Å². The topological polar surface area (TPSA) is 58.2 Å². The van der Waals surface area contributed by atoms with Gasteiger partial charge in [-0.1, -0.05) is 43.3 Å². The van der Waals surface area contributed by atoms with Crippen molar-refractivity contribution in [3.05, 3.63) is 42.5 Å². The van der Waals surface area contributed by atoms with Gasteiger partial charge >= 0.3 is 0 Å². The average molecular weight is 250 g/mol. The molecule has 0 heterocycles. The third-order valence-electron chi connectivity index (χ3n) is 2.42. The minimum atomic E-state index is -3.51. The van der Waals surface area contributed by atoms with E-state index in [1.165, 1.54) is 0 Å².